The summed E-state index contributed by atoms with van der Waals surface area (Å²) in [7, 11) is 0. The lowest BCUT2D eigenvalue weighted by molar-refractivity contribution is 0.0537. The third-order valence-electron chi connectivity index (χ3n) is 3.34. The molecule has 18 heavy (non-hydrogen) atoms. The van der Waals surface area contributed by atoms with Crippen LogP contribution in [0.25, 0.3) is 0 Å². The van der Waals surface area contributed by atoms with Crippen molar-refractivity contribution in [3.8, 4) is 0 Å². The standard InChI is InChI=1S/C13H17FN2O2/c1-9(10-4-7-18-8-5-10)16-13(17)11-3-2-6-15-12(11)14/h2-3,6,9-10H,4-5,7-8H2,1H3,(H,16,17). The quantitative estimate of drug-likeness (QED) is 0.834. The molecule has 1 amide bonds. The lowest BCUT2D eigenvalue weighted by atomic mass is 9.93. The van der Waals surface area contributed by atoms with E-state index in [2.05, 4.69) is 10.3 Å². The van der Waals surface area contributed by atoms with Crippen LogP contribution in [0, 0.1) is 11.9 Å². The summed E-state index contributed by atoms with van der Waals surface area (Å²) in [6, 6.07) is 3.01. The van der Waals surface area contributed by atoms with Crippen LogP contribution in [0.2, 0.25) is 0 Å². The van der Waals surface area contributed by atoms with Crippen molar-refractivity contribution in [1.82, 2.24) is 10.3 Å². The summed E-state index contributed by atoms with van der Waals surface area (Å²) >= 11 is 0. The highest BCUT2D eigenvalue weighted by Gasteiger charge is 2.23. The number of nitrogens with one attached hydrogen (secondary N) is 1. The van der Waals surface area contributed by atoms with Crippen molar-refractivity contribution in [3.63, 3.8) is 0 Å². The van der Waals surface area contributed by atoms with Gasteiger partial charge in [0.2, 0.25) is 5.95 Å². The molecular formula is C13H17FN2O2. The highest BCUT2D eigenvalue weighted by Crippen LogP contribution is 2.19. The van der Waals surface area contributed by atoms with Gasteiger partial charge in [-0.25, -0.2) is 4.98 Å². The van der Waals surface area contributed by atoms with Crippen LogP contribution in [0.1, 0.15) is 30.1 Å². The molecule has 1 saturated heterocycles. The van der Waals surface area contributed by atoms with Crippen molar-refractivity contribution in [1.29, 1.82) is 0 Å². The summed E-state index contributed by atoms with van der Waals surface area (Å²) in [5.41, 5.74) is -0.00332. The Hall–Kier alpha value is -1.49. The molecular weight excluding hydrogens is 235 g/mol. The molecule has 1 unspecified atom stereocenters. The van der Waals surface area contributed by atoms with Gasteiger partial charge in [-0.05, 0) is 37.8 Å². The zero-order valence-electron chi connectivity index (χ0n) is 10.4. The third-order valence-corrected chi connectivity index (χ3v) is 3.34. The van der Waals surface area contributed by atoms with E-state index in [1.54, 1.807) is 6.07 Å². The molecule has 0 bridgehead atoms. The zero-order chi connectivity index (χ0) is 13.0. The monoisotopic (exact) mass is 252 g/mol. The van der Waals surface area contributed by atoms with Crippen molar-refractivity contribution in [2.24, 2.45) is 5.92 Å². The van der Waals surface area contributed by atoms with Crippen molar-refractivity contribution >= 4 is 5.91 Å². The van der Waals surface area contributed by atoms with Gasteiger partial charge in [-0.2, -0.15) is 4.39 Å². The first kappa shape index (κ1) is 13.0. The Morgan fingerprint density at radius 3 is 2.94 bits per heavy atom. The summed E-state index contributed by atoms with van der Waals surface area (Å²) in [5.74, 6) is -0.740. The topological polar surface area (TPSA) is 51.2 Å². The van der Waals surface area contributed by atoms with Crippen molar-refractivity contribution in [3.05, 3.63) is 29.8 Å². The minimum atomic E-state index is -0.728. The number of hydrogen-bond donors (Lipinski definition) is 1. The van der Waals surface area contributed by atoms with Crippen LogP contribution in [0.5, 0.6) is 0 Å². The highest BCUT2D eigenvalue weighted by atomic mass is 19.1. The molecule has 0 saturated carbocycles. The summed E-state index contributed by atoms with van der Waals surface area (Å²) in [5, 5.41) is 2.83. The molecule has 2 rings (SSSR count). The number of amides is 1. The number of nitrogens with zero attached hydrogens (tertiary/aromatic N) is 1. The molecule has 1 atom stereocenters. The first-order chi connectivity index (χ1) is 8.68. The summed E-state index contributed by atoms with van der Waals surface area (Å²) < 4.78 is 18.6. The second-order valence-electron chi connectivity index (χ2n) is 4.55. The van der Waals surface area contributed by atoms with Gasteiger partial charge in [0.05, 0.1) is 5.56 Å². The molecule has 0 aromatic carbocycles. The maximum Gasteiger partial charge on any atom is 0.256 e. The van der Waals surface area contributed by atoms with E-state index in [4.69, 9.17) is 4.74 Å². The largest absolute Gasteiger partial charge is 0.381 e. The molecule has 1 N–H and O–H groups in total. The molecule has 1 aromatic rings. The van der Waals surface area contributed by atoms with Crippen molar-refractivity contribution in [2.45, 2.75) is 25.8 Å². The van der Waals surface area contributed by atoms with Crippen LogP contribution in [0.3, 0.4) is 0 Å². The Kier molecular flexibility index (Phi) is 4.25. The second kappa shape index (κ2) is 5.91. The fraction of sp³-hybridized carbons (Fsp3) is 0.538. The molecule has 1 aliphatic rings. The minimum absolute atomic E-state index is 0.00332. The fourth-order valence-electron chi connectivity index (χ4n) is 2.17. The molecule has 1 aliphatic heterocycles. The molecule has 5 heteroatoms. The smallest absolute Gasteiger partial charge is 0.256 e. The van der Waals surface area contributed by atoms with Crippen LogP contribution < -0.4 is 5.32 Å². The van der Waals surface area contributed by atoms with Crippen LogP contribution in [0.15, 0.2) is 18.3 Å². The predicted octanol–water partition coefficient (Wildman–Crippen LogP) is 1.77. The number of carbonyl (C=O) groups is 1. The maximum atomic E-state index is 13.3. The van der Waals surface area contributed by atoms with E-state index < -0.39 is 11.9 Å². The van der Waals surface area contributed by atoms with E-state index in [0.29, 0.717) is 5.92 Å². The predicted molar refractivity (Wildman–Crippen MR) is 64.7 cm³/mol. The van der Waals surface area contributed by atoms with Crippen LogP contribution >= 0.6 is 0 Å². The number of pyridine rings is 1. The molecule has 0 spiro atoms. The van der Waals surface area contributed by atoms with Gasteiger partial charge in [0.1, 0.15) is 0 Å². The van der Waals surface area contributed by atoms with Gasteiger partial charge in [-0.1, -0.05) is 0 Å². The molecule has 1 aromatic heterocycles. The Bertz CT molecular complexity index is 419. The summed E-state index contributed by atoms with van der Waals surface area (Å²) in [6.45, 7) is 3.40. The van der Waals surface area contributed by atoms with Crippen LogP contribution in [-0.2, 0) is 4.74 Å². The van der Waals surface area contributed by atoms with Crippen LogP contribution in [0.4, 0.5) is 4.39 Å². The van der Waals surface area contributed by atoms with E-state index in [9.17, 15) is 9.18 Å². The summed E-state index contributed by atoms with van der Waals surface area (Å²) in [6.07, 6.45) is 3.18. The van der Waals surface area contributed by atoms with E-state index in [1.807, 2.05) is 6.92 Å². The fourth-order valence-corrected chi connectivity index (χ4v) is 2.17. The molecule has 0 aliphatic carbocycles. The van der Waals surface area contributed by atoms with Gasteiger partial charge < -0.3 is 10.1 Å². The number of rotatable bonds is 3. The lowest BCUT2D eigenvalue weighted by Crippen LogP contribution is -2.40. The normalized spacial score (nSPS) is 18.3. The Balaban J connectivity index is 1.96. The Labute approximate surface area is 106 Å². The number of carbonyl (C=O) groups excluding carboxylic acids is 1. The zero-order valence-corrected chi connectivity index (χ0v) is 10.4. The molecule has 4 nitrogen and oxygen atoms in total. The van der Waals surface area contributed by atoms with E-state index in [1.165, 1.54) is 12.3 Å². The number of aromatic nitrogens is 1. The maximum absolute atomic E-state index is 13.3. The second-order valence-corrected chi connectivity index (χ2v) is 4.55. The van der Waals surface area contributed by atoms with E-state index >= 15 is 0 Å². The van der Waals surface area contributed by atoms with Crippen LogP contribution in [-0.4, -0.2) is 30.1 Å². The van der Waals surface area contributed by atoms with Gasteiger partial charge in [0.15, 0.2) is 0 Å². The molecule has 0 radical (unpaired) electrons. The molecule has 1 fully saturated rings. The van der Waals surface area contributed by atoms with Gasteiger partial charge in [-0.3, -0.25) is 4.79 Å². The van der Waals surface area contributed by atoms with Gasteiger partial charge >= 0.3 is 0 Å². The van der Waals surface area contributed by atoms with Gasteiger partial charge in [0.25, 0.3) is 5.91 Å². The van der Waals surface area contributed by atoms with Crippen molar-refractivity contribution in [2.75, 3.05) is 13.2 Å². The third kappa shape index (κ3) is 3.04. The average molecular weight is 252 g/mol. The van der Waals surface area contributed by atoms with Gasteiger partial charge in [-0.15, -0.1) is 0 Å². The Morgan fingerprint density at radius 2 is 2.28 bits per heavy atom. The average Bonchev–Trinajstić information content (AvgIpc) is 2.40. The SMILES string of the molecule is CC(NC(=O)c1cccnc1F)C1CCOCC1. The number of hydrogen-bond acceptors (Lipinski definition) is 3. The van der Waals surface area contributed by atoms with Crippen molar-refractivity contribution < 1.29 is 13.9 Å². The van der Waals surface area contributed by atoms with E-state index in [0.717, 1.165) is 26.1 Å². The summed E-state index contributed by atoms with van der Waals surface area (Å²) in [4.78, 5) is 15.4. The Morgan fingerprint density at radius 1 is 1.56 bits per heavy atom. The molecule has 98 valence electrons. The first-order valence-electron chi connectivity index (χ1n) is 6.17. The van der Waals surface area contributed by atoms with E-state index in [-0.39, 0.29) is 11.6 Å². The minimum Gasteiger partial charge on any atom is -0.381 e. The first-order valence-corrected chi connectivity index (χ1v) is 6.17. The molecule has 2 heterocycles. The number of ether oxygens (including phenoxy) is 1. The lowest BCUT2D eigenvalue weighted by Gasteiger charge is -2.28. The number of halogens is 1. The van der Waals surface area contributed by atoms with Gasteiger partial charge in [0, 0.05) is 25.5 Å². The highest BCUT2D eigenvalue weighted by molar-refractivity contribution is 5.94.